The SMILES string of the molecule is CCC(=O)Nc1ccc(-n2nc(OC)nc2-c2ccc(C(F)(F)F)cc2)cc1. The van der Waals surface area contributed by atoms with Crippen LogP contribution in [-0.2, 0) is 11.0 Å². The van der Waals surface area contributed by atoms with E-state index < -0.39 is 11.7 Å². The number of hydrogen-bond donors (Lipinski definition) is 1. The van der Waals surface area contributed by atoms with E-state index in [1.807, 2.05) is 0 Å². The first-order chi connectivity index (χ1) is 13.3. The third-order valence-corrected chi connectivity index (χ3v) is 3.96. The van der Waals surface area contributed by atoms with Crippen LogP contribution in [0.2, 0.25) is 0 Å². The molecule has 3 rings (SSSR count). The van der Waals surface area contributed by atoms with Crippen molar-refractivity contribution in [3.8, 4) is 23.1 Å². The third-order valence-electron chi connectivity index (χ3n) is 3.96. The predicted molar refractivity (Wildman–Crippen MR) is 97.3 cm³/mol. The smallest absolute Gasteiger partial charge is 0.416 e. The van der Waals surface area contributed by atoms with Crippen LogP contribution in [0.15, 0.2) is 48.5 Å². The second-order valence-corrected chi connectivity index (χ2v) is 5.86. The molecule has 2 aromatic carbocycles. The number of benzene rings is 2. The fourth-order valence-electron chi connectivity index (χ4n) is 2.49. The second kappa shape index (κ2) is 7.71. The molecule has 0 atom stereocenters. The summed E-state index contributed by atoms with van der Waals surface area (Å²) in [5.74, 6) is 0.219. The summed E-state index contributed by atoms with van der Waals surface area (Å²) in [7, 11) is 1.40. The van der Waals surface area contributed by atoms with Crippen LogP contribution in [0.1, 0.15) is 18.9 Å². The van der Waals surface area contributed by atoms with Crippen molar-refractivity contribution in [2.45, 2.75) is 19.5 Å². The summed E-state index contributed by atoms with van der Waals surface area (Å²) < 4.78 is 44.9. The van der Waals surface area contributed by atoms with Gasteiger partial charge in [-0.05, 0) is 36.4 Å². The molecule has 0 radical (unpaired) electrons. The van der Waals surface area contributed by atoms with E-state index in [0.717, 1.165) is 12.1 Å². The summed E-state index contributed by atoms with van der Waals surface area (Å²) in [6.07, 6.45) is -4.05. The third kappa shape index (κ3) is 4.13. The number of hydrogen-bond acceptors (Lipinski definition) is 4. The van der Waals surface area contributed by atoms with E-state index in [0.29, 0.717) is 29.2 Å². The molecule has 0 aliphatic heterocycles. The minimum absolute atomic E-state index is 0.0817. The zero-order valence-electron chi connectivity index (χ0n) is 15.1. The monoisotopic (exact) mass is 390 g/mol. The molecular formula is C19H17F3N4O2. The molecule has 0 saturated carbocycles. The van der Waals surface area contributed by atoms with Gasteiger partial charge in [-0.15, -0.1) is 5.10 Å². The van der Waals surface area contributed by atoms with Crippen LogP contribution in [0.25, 0.3) is 17.1 Å². The Bertz CT molecular complexity index is 964. The molecule has 9 heteroatoms. The largest absolute Gasteiger partial charge is 0.466 e. The number of amides is 1. The van der Waals surface area contributed by atoms with Gasteiger partial charge in [0, 0.05) is 17.7 Å². The van der Waals surface area contributed by atoms with E-state index >= 15 is 0 Å². The Hall–Kier alpha value is -3.36. The number of ether oxygens (including phenoxy) is 1. The lowest BCUT2D eigenvalue weighted by molar-refractivity contribution is -0.137. The normalized spacial score (nSPS) is 11.3. The Balaban J connectivity index is 1.96. The molecule has 0 saturated heterocycles. The van der Waals surface area contributed by atoms with Gasteiger partial charge in [0.15, 0.2) is 5.82 Å². The number of nitrogens with one attached hydrogen (secondary N) is 1. The molecule has 0 aliphatic rings. The highest BCUT2D eigenvalue weighted by molar-refractivity contribution is 5.90. The highest BCUT2D eigenvalue weighted by Crippen LogP contribution is 2.31. The number of carbonyl (C=O) groups is 1. The topological polar surface area (TPSA) is 69.0 Å². The number of halogens is 3. The van der Waals surface area contributed by atoms with E-state index in [-0.39, 0.29) is 11.9 Å². The number of nitrogens with zero attached hydrogens (tertiary/aromatic N) is 3. The fraction of sp³-hybridized carbons (Fsp3) is 0.211. The predicted octanol–water partition coefficient (Wildman–Crippen LogP) is 4.31. The summed E-state index contributed by atoms with van der Waals surface area (Å²) >= 11 is 0. The van der Waals surface area contributed by atoms with Gasteiger partial charge in [0.2, 0.25) is 5.91 Å². The van der Waals surface area contributed by atoms with Crippen LogP contribution in [0.5, 0.6) is 6.01 Å². The number of aromatic nitrogens is 3. The Morgan fingerprint density at radius 2 is 1.75 bits per heavy atom. The molecule has 1 amide bonds. The lowest BCUT2D eigenvalue weighted by Gasteiger charge is -2.09. The molecule has 0 unspecified atom stereocenters. The second-order valence-electron chi connectivity index (χ2n) is 5.86. The molecule has 1 aromatic heterocycles. The number of rotatable bonds is 5. The van der Waals surface area contributed by atoms with Gasteiger partial charge < -0.3 is 10.1 Å². The Morgan fingerprint density at radius 3 is 2.29 bits per heavy atom. The molecule has 0 spiro atoms. The standard InChI is InChI=1S/C19H17F3N4O2/c1-3-16(27)23-14-8-10-15(11-9-14)26-17(24-18(25-26)28-2)12-4-6-13(7-5-12)19(20,21)22/h4-11H,3H2,1-2H3,(H,23,27). The van der Waals surface area contributed by atoms with Crippen LogP contribution in [-0.4, -0.2) is 27.8 Å². The van der Waals surface area contributed by atoms with Gasteiger partial charge in [-0.1, -0.05) is 19.1 Å². The molecule has 1 N–H and O–H groups in total. The Labute approximate surface area is 159 Å². The Kier molecular flexibility index (Phi) is 5.34. The maximum atomic E-state index is 12.8. The van der Waals surface area contributed by atoms with Crippen LogP contribution in [0.4, 0.5) is 18.9 Å². The van der Waals surface area contributed by atoms with Crippen molar-refractivity contribution >= 4 is 11.6 Å². The van der Waals surface area contributed by atoms with Crippen molar-refractivity contribution < 1.29 is 22.7 Å². The molecule has 28 heavy (non-hydrogen) atoms. The van der Waals surface area contributed by atoms with Crippen molar-refractivity contribution in [3.63, 3.8) is 0 Å². The maximum absolute atomic E-state index is 12.8. The van der Waals surface area contributed by atoms with Crippen molar-refractivity contribution in [2.24, 2.45) is 0 Å². The molecule has 3 aromatic rings. The van der Waals surface area contributed by atoms with E-state index in [4.69, 9.17) is 4.74 Å². The average Bonchev–Trinajstić information content (AvgIpc) is 3.12. The molecule has 6 nitrogen and oxygen atoms in total. The highest BCUT2D eigenvalue weighted by atomic mass is 19.4. The minimum Gasteiger partial charge on any atom is -0.466 e. The fourth-order valence-corrected chi connectivity index (χ4v) is 2.49. The number of anilines is 1. The van der Waals surface area contributed by atoms with Crippen LogP contribution in [0.3, 0.4) is 0 Å². The van der Waals surface area contributed by atoms with Gasteiger partial charge in [-0.2, -0.15) is 18.2 Å². The summed E-state index contributed by atoms with van der Waals surface area (Å²) in [5, 5.41) is 6.96. The summed E-state index contributed by atoms with van der Waals surface area (Å²) in [6, 6.07) is 11.6. The zero-order chi connectivity index (χ0) is 20.3. The lowest BCUT2D eigenvalue weighted by Crippen LogP contribution is -2.09. The van der Waals surface area contributed by atoms with E-state index in [9.17, 15) is 18.0 Å². The first kappa shape index (κ1) is 19.4. The van der Waals surface area contributed by atoms with Gasteiger partial charge in [0.1, 0.15) is 0 Å². The number of methoxy groups -OCH3 is 1. The number of carbonyl (C=O) groups excluding carboxylic acids is 1. The van der Waals surface area contributed by atoms with Crippen molar-refractivity contribution in [2.75, 3.05) is 12.4 Å². The highest BCUT2D eigenvalue weighted by Gasteiger charge is 2.30. The molecule has 0 bridgehead atoms. The van der Waals surface area contributed by atoms with Crippen molar-refractivity contribution in [3.05, 3.63) is 54.1 Å². The summed E-state index contributed by atoms with van der Waals surface area (Å²) in [4.78, 5) is 15.7. The summed E-state index contributed by atoms with van der Waals surface area (Å²) in [6.45, 7) is 1.75. The van der Waals surface area contributed by atoms with Gasteiger partial charge in [0.25, 0.3) is 0 Å². The van der Waals surface area contributed by atoms with Gasteiger partial charge >= 0.3 is 12.2 Å². The van der Waals surface area contributed by atoms with Gasteiger partial charge in [0.05, 0.1) is 18.4 Å². The van der Waals surface area contributed by atoms with Crippen molar-refractivity contribution in [1.29, 1.82) is 0 Å². The quantitative estimate of drug-likeness (QED) is 0.705. The first-order valence-electron chi connectivity index (χ1n) is 8.40. The maximum Gasteiger partial charge on any atom is 0.416 e. The van der Waals surface area contributed by atoms with Crippen LogP contribution < -0.4 is 10.1 Å². The average molecular weight is 390 g/mol. The minimum atomic E-state index is -4.41. The lowest BCUT2D eigenvalue weighted by atomic mass is 10.1. The van der Waals surface area contributed by atoms with E-state index in [2.05, 4.69) is 15.4 Å². The van der Waals surface area contributed by atoms with E-state index in [1.54, 1.807) is 31.2 Å². The van der Waals surface area contributed by atoms with Crippen molar-refractivity contribution in [1.82, 2.24) is 14.8 Å². The first-order valence-corrected chi connectivity index (χ1v) is 8.40. The number of alkyl halides is 3. The molecular weight excluding hydrogens is 373 g/mol. The molecule has 146 valence electrons. The van der Waals surface area contributed by atoms with Gasteiger partial charge in [-0.25, -0.2) is 4.68 Å². The molecule has 0 fully saturated rings. The zero-order valence-corrected chi connectivity index (χ0v) is 15.1. The molecule has 0 aliphatic carbocycles. The van der Waals surface area contributed by atoms with Crippen LogP contribution in [0, 0.1) is 0 Å². The van der Waals surface area contributed by atoms with E-state index in [1.165, 1.54) is 23.9 Å². The Morgan fingerprint density at radius 1 is 1.11 bits per heavy atom. The molecule has 1 heterocycles. The van der Waals surface area contributed by atoms with Crippen LogP contribution >= 0.6 is 0 Å². The van der Waals surface area contributed by atoms with Gasteiger partial charge in [-0.3, -0.25) is 4.79 Å². The summed E-state index contributed by atoms with van der Waals surface area (Å²) in [5.41, 5.74) is 0.941.